The summed E-state index contributed by atoms with van der Waals surface area (Å²) in [5.41, 5.74) is 0. The molecule has 0 atom stereocenters. The number of hydrogen-bond acceptors (Lipinski definition) is 0. The Morgan fingerprint density at radius 2 is 0.600 bits per heavy atom. The van der Waals surface area contributed by atoms with Crippen LogP contribution in [0.3, 0.4) is 0 Å². The zero-order chi connectivity index (χ0) is 10.5. The maximum absolute atomic E-state index is 2.68. The van der Waals surface area contributed by atoms with Gasteiger partial charge < -0.3 is 0 Å². The second kappa shape index (κ2) is 17.0. The Morgan fingerprint density at radius 1 is 0.467 bits per heavy atom. The summed E-state index contributed by atoms with van der Waals surface area (Å²) in [6, 6.07) is 0. The fourth-order valence-corrected chi connectivity index (χ4v) is 0.642. The Kier molecular flexibility index (Phi) is 20.4. The van der Waals surface area contributed by atoms with E-state index in [0.29, 0.717) is 0 Å². The van der Waals surface area contributed by atoms with Crippen LogP contribution in [0.15, 0.2) is 0 Å². The Hall–Kier alpha value is 0.610. The van der Waals surface area contributed by atoms with E-state index >= 15 is 0 Å². The van der Waals surface area contributed by atoms with Crippen LogP contribution in [0.25, 0.3) is 0 Å². The standard InChI is InChI=1S/2C5H5.C4H6.Hf/c2*1-2-4-5-3-1;1-3-4-2;/h2*1-5H;1-2H3;. The van der Waals surface area contributed by atoms with Crippen molar-refractivity contribution in [2.75, 3.05) is 0 Å². The minimum atomic E-state index is 0. The molecule has 0 bridgehead atoms. The van der Waals surface area contributed by atoms with Gasteiger partial charge in [0.05, 0.1) is 0 Å². The topological polar surface area (TPSA) is 0 Å². The van der Waals surface area contributed by atoms with E-state index < -0.39 is 0 Å². The molecule has 0 aliphatic heterocycles. The van der Waals surface area contributed by atoms with E-state index in [1.807, 2.05) is 78.1 Å². The van der Waals surface area contributed by atoms with E-state index in [2.05, 4.69) is 12.2 Å². The van der Waals surface area contributed by atoms with Gasteiger partial charge in [0.25, 0.3) is 0 Å². The molecule has 0 aromatic rings. The van der Waals surface area contributed by atoms with Gasteiger partial charge in [-0.15, -0.1) is 0 Å². The molecule has 0 unspecified atom stereocenters. The van der Waals surface area contributed by atoms with Crippen molar-refractivity contribution in [1.82, 2.24) is 0 Å². The van der Waals surface area contributed by atoms with Crippen molar-refractivity contribution in [2.45, 2.75) is 13.8 Å². The summed E-state index contributed by atoms with van der Waals surface area (Å²) in [5.74, 6) is 0. The molecule has 2 aliphatic carbocycles. The fourth-order valence-electron chi connectivity index (χ4n) is 0.642. The molecule has 1 heteroatoms. The van der Waals surface area contributed by atoms with E-state index in [1.165, 1.54) is 0 Å². The van der Waals surface area contributed by atoms with Crippen molar-refractivity contribution in [1.29, 1.82) is 0 Å². The minimum Gasteiger partial charge on any atom is -0.0447 e. The molecule has 2 aliphatic rings. The quantitative estimate of drug-likeness (QED) is 0.580. The molecule has 0 N–H and O–H groups in total. The van der Waals surface area contributed by atoms with E-state index in [1.54, 1.807) is 0 Å². The van der Waals surface area contributed by atoms with Gasteiger partial charge >= 0.3 is 0 Å². The van der Waals surface area contributed by atoms with Crippen LogP contribution in [0.1, 0.15) is 13.8 Å². The zero-order valence-electron chi connectivity index (χ0n) is 9.27. The fraction of sp³-hybridized carbons (Fsp3) is 0.143. The zero-order valence-corrected chi connectivity index (χ0v) is 12.9. The van der Waals surface area contributed by atoms with Gasteiger partial charge in [0.1, 0.15) is 0 Å². The normalized spacial score (nSPS) is 18.5. The predicted octanol–water partition coefficient (Wildman–Crippen LogP) is 3.23. The average molecular weight is 363 g/mol. The predicted molar refractivity (Wildman–Crippen MR) is 60.8 cm³/mol. The molecular formula is C14H16Hf. The second-order valence-electron chi connectivity index (χ2n) is 2.42. The summed E-state index contributed by atoms with van der Waals surface area (Å²) >= 11 is 0. The van der Waals surface area contributed by atoms with Crippen molar-refractivity contribution >= 4 is 0 Å². The third kappa shape index (κ3) is 17.2. The SMILES string of the molecule is C[C]=[C]C.[CH]1[CH][CH][CH][CH]1.[CH]1[CH][CH][CH][CH]1.[Hf]. The van der Waals surface area contributed by atoms with Gasteiger partial charge in [-0.1, -0.05) is 0 Å². The molecule has 0 spiro atoms. The van der Waals surface area contributed by atoms with Crippen molar-refractivity contribution in [3.05, 3.63) is 76.4 Å². The van der Waals surface area contributed by atoms with Crippen LogP contribution < -0.4 is 0 Å². The van der Waals surface area contributed by atoms with Gasteiger partial charge in [0.15, 0.2) is 0 Å². The summed E-state index contributed by atoms with van der Waals surface area (Å²) in [7, 11) is 0. The number of hydrogen-bond donors (Lipinski definition) is 0. The van der Waals surface area contributed by atoms with Crippen LogP contribution in [-0.2, 0) is 25.8 Å². The van der Waals surface area contributed by atoms with Gasteiger partial charge in [-0.25, -0.2) is 0 Å². The van der Waals surface area contributed by atoms with Gasteiger partial charge in [0, 0.05) is 25.8 Å². The van der Waals surface area contributed by atoms with Crippen LogP contribution in [0.4, 0.5) is 0 Å². The van der Waals surface area contributed by atoms with Crippen LogP contribution in [0, 0.1) is 76.4 Å². The molecular weight excluding hydrogens is 347 g/mol. The smallest absolute Gasteiger partial charge is 0 e. The first-order chi connectivity index (χ1) is 6.91. The van der Waals surface area contributed by atoms with Crippen molar-refractivity contribution in [3.63, 3.8) is 0 Å². The van der Waals surface area contributed by atoms with Crippen LogP contribution in [0.2, 0.25) is 0 Å². The van der Waals surface area contributed by atoms with E-state index in [0.717, 1.165) is 0 Å². The molecule has 2 saturated carbocycles. The first-order valence-electron chi connectivity index (χ1n) is 4.58. The van der Waals surface area contributed by atoms with Crippen molar-refractivity contribution < 1.29 is 25.8 Å². The van der Waals surface area contributed by atoms with E-state index in [4.69, 9.17) is 0 Å². The number of rotatable bonds is 0. The summed E-state index contributed by atoms with van der Waals surface area (Å²) < 4.78 is 0. The molecule has 0 nitrogen and oxygen atoms in total. The molecule has 0 amide bonds. The Morgan fingerprint density at radius 3 is 0.667 bits per heavy atom. The summed E-state index contributed by atoms with van der Waals surface area (Å²) in [5, 5.41) is 0. The van der Waals surface area contributed by atoms with Crippen LogP contribution in [0.5, 0.6) is 0 Å². The van der Waals surface area contributed by atoms with Gasteiger partial charge in [-0.05, 0) is 90.2 Å². The monoisotopic (exact) mass is 364 g/mol. The first-order valence-corrected chi connectivity index (χ1v) is 4.58. The average Bonchev–Trinajstić information content (AvgIpc) is 2.94. The minimum absolute atomic E-state index is 0. The third-order valence-electron chi connectivity index (χ3n) is 1.36. The van der Waals surface area contributed by atoms with Crippen molar-refractivity contribution in [2.24, 2.45) is 0 Å². The van der Waals surface area contributed by atoms with Gasteiger partial charge in [-0.3, -0.25) is 0 Å². The van der Waals surface area contributed by atoms with Crippen molar-refractivity contribution in [3.8, 4) is 0 Å². The molecule has 2 rings (SSSR count). The third-order valence-corrected chi connectivity index (χ3v) is 1.36. The molecule has 76 valence electrons. The molecule has 15 heavy (non-hydrogen) atoms. The van der Waals surface area contributed by atoms with Gasteiger partial charge in [-0.2, -0.15) is 0 Å². The molecule has 0 aromatic heterocycles. The van der Waals surface area contributed by atoms with Gasteiger partial charge in [0.2, 0.25) is 0 Å². The first kappa shape index (κ1) is 18.0. The summed E-state index contributed by atoms with van der Waals surface area (Å²) in [4.78, 5) is 0. The molecule has 2 fully saturated rings. The summed E-state index contributed by atoms with van der Waals surface area (Å²) in [6.45, 7) is 3.64. The largest absolute Gasteiger partial charge is 0.0447 e. The Bertz CT molecular complexity index is 81.3. The molecule has 12 radical (unpaired) electrons. The maximum Gasteiger partial charge on any atom is 0 e. The molecule has 0 heterocycles. The van der Waals surface area contributed by atoms with E-state index in [9.17, 15) is 0 Å². The van der Waals surface area contributed by atoms with Crippen LogP contribution in [-0.4, -0.2) is 0 Å². The molecule has 0 saturated heterocycles. The Balaban J connectivity index is 0. The Labute approximate surface area is 116 Å². The number of allylic oxidation sites excluding steroid dienone is 2. The molecule has 0 aromatic carbocycles. The summed E-state index contributed by atoms with van der Waals surface area (Å²) in [6.07, 6.45) is 25.4. The van der Waals surface area contributed by atoms with Crippen LogP contribution >= 0.6 is 0 Å². The maximum atomic E-state index is 2.68. The second-order valence-corrected chi connectivity index (χ2v) is 2.42. The van der Waals surface area contributed by atoms with E-state index in [-0.39, 0.29) is 25.8 Å².